The van der Waals surface area contributed by atoms with Crippen molar-refractivity contribution in [1.82, 2.24) is 24.5 Å². The Morgan fingerprint density at radius 3 is 2.85 bits per heavy atom. The molecule has 0 bridgehead atoms. The largest absolute Gasteiger partial charge is 0.355 e. The lowest BCUT2D eigenvalue weighted by molar-refractivity contribution is 0.345. The first-order chi connectivity index (χ1) is 9.83. The molecule has 0 amide bonds. The third-order valence-electron chi connectivity index (χ3n) is 4.52. The summed E-state index contributed by atoms with van der Waals surface area (Å²) in [6, 6.07) is 0. The Labute approximate surface area is 118 Å². The molecule has 0 spiro atoms. The van der Waals surface area contributed by atoms with Crippen LogP contribution >= 0.6 is 0 Å². The van der Waals surface area contributed by atoms with Crippen LogP contribution in [-0.2, 0) is 6.42 Å². The van der Waals surface area contributed by atoms with Crippen molar-refractivity contribution < 1.29 is 0 Å². The summed E-state index contributed by atoms with van der Waals surface area (Å²) in [6.45, 7) is 7.90. The molecule has 0 unspecified atom stereocenters. The number of nitrogens with zero attached hydrogens (tertiary/aromatic N) is 6. The Morgan fingerprint density at radius 1 is 1.15 bits per heavy atom. The van der Waals surface area contributed by atoms with Gasteiger partial charge in [0.05, 0.1) is 0 Å². The standard InChI is InChI=1S/C14H20N6/c1-11-12-4-7-19(9-8-18-5-2-3-6-18)13(12)20-14(17-11)15-10-16-20/h10H,2-9H2,1H3. The van der Waals surface area contributed by atoms with E-state index in [2.05, 4.69) is 31.8 Å². The number of rotatable bonds is 3. The van der Waals surface area contributed by atoms with Crippen LogP contribution in [0.4, 0.5) is 5.82 Å². The van der Waals surface area contributed by atoms with Gasteiger partial charge in [0.15, 0.2) is 0 Å². The lowest BCUT2D eigenvalue weighted by atomic mass is 10.2. The van der Waals surface area contributed by atoms with Crippen molar-refractivity contribution in [3.63, 3.8) is 0 Å². The van der Waals surface area contributed by atoms with E-state index >= 15 is 0 Å². The SMILES string of the molecule is Cc1nc2ncnn2c2c1CCN2CCN1CCCC1. The second kappa shape index (κ2) is 4.70. The highest BCUT2D eigenvalue weighted by atomic mass is 15.4. The monoisotopic (exact) mass is 272 g/mol. The molecule has 0 aliphatic carbocycles. The van der Waals surface area contributed by atoms with E-state index in [0.29, 0.717) is 5.78 Å². The average Bonchev–Trinajstić information content (AvgIpc) is 3.16. The molecule has 2 aliphatic heterocycles. The lowest BCUT2D eigenvalue weighted by Crippen LogP contribution is -2.33. The molecular weight excluding hydrogens is 252 g/mol. The summed E-state index contributed by atoms with van der Waals surface area (Å²) in [5.74, 6) is 1.93. The van der Waals surface area contributed by atoms with Crippen LogP contribution in [-0.4, -0.2) is 57.2 Å². The van der Waals surface area contributed by atoms with E-state index in [1.54, 1.807) is 6.33 Å². The summed E-state index contributed by atoms with van der Waals surface area (Å²) < 4.78 is 1.90. The zero-order valence-corrected chi connectivity index (χ0v) is 11.9. The van der Waals surface area contributed by atoms with Gasteiger partial charge in [-0.1, -0.05) is 0 Å². The molecule has 2 aromatic heterocycles. The van der Waals surface area contributed by atoms with Gasteiger partial charge in [0.25, 0.3) is 5.78 Å². The Balaban J connectivity index is 1.62. The number of hydrogen-bond acceptors (Lipinski definition) is 5. The lowest BCUT2D eigenvalue weighted by Gasteiger charge is -2.23. The van der Waals surface area contributed by atoms with Crippen LogP contribution < -0.4 is 4.90 Å². The first-order valence-electron chi connectivity index (χ1n) is 7.49. The minimum absolute atomic E-state index is 0.717. The van der Waals surface area contributed by atoms with Crippen LogP contribution in [0.25, 0.3) is 5.78 Å². The first-order valence-corrected chi connectivity index (χ1v) is 7.49. The minimum Gasteiger partial charge on any atom is -0.355 e. The molecule has 0 atom stereocenters. The fourth-order valence-corrected chi connectivity index (χ4v) is 3.42. The zero-order chi connectivity index (χ0) is 13.5. The van der Waals surface area contributed by atoms with Gasteiger partial charge < -0.3 is 9.80 Å². The Kier molecular flexibility index (Phi) is 2.84. The van der Waals surface area contributed by atoms with Crippen molar-refractivity contribution in [2.24, 2.45) is 0 Å². The van der Waals surface area contributed by atoms with E-state index in [4.69, 9.17) is 0 Å². The Bertz CT molecular complexity index is 628. The molecule has 1 fully saturated rings. The number of likely N-dealkylation sites (tertiary alicyclic amines) is 1. The van der Waals surface area contributed by atoms with Gasteiger partial charge in [0.1, 0.15) is 12.1 Å². The third kappa shape index (κ3) is 1.86. The molecule has 2 aromatic rings. The molecule has 1 saturated heterocycles. The quantitative estimate of drug-likeness (QED) is 0.830. The Hall–Kier alpha value is -1.69. The van der Waals surface area contributed by atoms with Crippen molar-refractivity contribution in [3.05, 3.63) is 17.6 Å². The zero-order valence-electron chi connectivity index (χ0n) is 11.9. The molecule has 0 aromatic carbocycles. The summed E-state index contributed by atoms with van der Waals surface area (Å²) in [5.41, 5.74) is 2.44. The summed E-state index contributed by atoms with van der Waals surface area (Å²) >= 11 is 0. The van der Waals surface area contributed by atoms with Crippen molar-refractivity contribution in [3.8, 4) is 0 Å². The van der Waals surface area contributed by atoms with E-state index in [1.165, 1.54) is 37.3 Å². The molecule has 106 valence electrons. The van der Waals surface area contributed by atoms with Gasteiger partial charge in [-0.15, -0.1) is 0 Å². The van der Waals surface area contributed by atoms with Gasteiger partial charge in [-0.05, 0) is 39.3 Å². The summed E-state index contributed by atoms with van der Waals surface area (Å²) in [6.07, 6.45) is 5.38. The van der Waals surface area contributed by atoms with Crippen LogP contribution in [0, 0.1) is 6.92 Å². The topological polar surface area (TPSA) is 49.6 Å². The van der Waals surface area contributed by atoms with E-state index < -0.39 is 0 Å². The maximum atomic E-state index is 4.53. The molecule has 2 aliphatic rings. The van der Waals surface area contributed by atoms with E-state index in [9.17, 15) is 0 Å². The molecular formula is C14H20N6. The fraction of sp³-hybridized carbons (Fsp3) is 0.643. The predicted molar refractivity (Wildman–Crippen MR) is 77.1 cm³/mol. The van der Waals surface area contributed by atoms with Crippen molar-refractivity contribution in [2.45, 2.75) is 26.2 Å². The molecule has 4 rings (SSSR count). The fourth-order valence-electron chi connectivity index (χ4n) is 3.42. The highest BCUT2D eigenvalue weighted by Crippen LogP contribution is 2.29. The first kappa shape index (κ1) is 12.1. The van der Waals surface area contributed by atoms with Crippen molar-refractivity contribution in [1.29, 1.82) is 0 Å². The number of hydrogen-bond donors (Lipinski definition) is 0. The normalized spacial score (nSPS) is 19.1. The second-order valence-corrected chi connectivity index (χ2v) is 5.76. The highest BCUT2D eigenvalue weighted by molar-refractivity contribution is 5.58. The van der Waals surface area contributed by atoms with Crippen LogP contribution in [0.2, 0.25) is 0 Å². The van der Waals surface area contributed by atoms with E-state index in [1.807, 2.05) is 4.52 Å². The van der Waals surface area contributed by atoms with Gasteiger partial charge in [-0.25, -0.2) is 4.98 Å². The highest BCUT2D eigenvalue weighted by Gasteiger charge is 2.26. The summed E-state index contributed by atoms with van der Waals surface area (Å²) in [4.78, 5) is 13.8. The van der Waals surface area contributed by atoms with Gasteiger partial charge in [0.2, 0.25) is 0 Å². The molecule has 6 nitrogen and oxygen atoms in total. The van der Waals surface area contributed by atoms with Crippen LogP contribution in [0.1, 0.15) is 24.1 Å². The molecule has 0 radical (unpaired) electrons. The van der Waals surface area contributed by atoms with Gasteiger partial charge >= 0.3 is 0 Å². The van der Waals surface area contributed by atoms with Crippen molar-refractivity contribution in [2.75, 3.05) is 37.6 Å². The second-order valence-electron chi connectivity index (χ2n) is 5.76. The number of fused-ring (bicyclic) bond motifs is 3. The molecule has 0 saturated carbocycles. The van der Waals surface area contributed by atoms with Gasteiger partial charge in [-0.2, -0.15) is 14.6 Å². The third-order valence-corrected chi connectivity index (χ3v) is 4.52. The van der Waals surface area contributed by atoms with Crippen molar-refractivity contribution >= 4 is 11.6 Å². The van der Waals surface area contributed by atoms with Crippen LogP contribution in [0.3, 0.4) is 0 Å². The van der Waals surface area contributed by atoms with Crippen LogP contribution in [0.5, 0.6) is 0 Å². The average molecular weight is 272 g/mol. The molecule has 0 N–H and O–H groups in total. The maximum absolute atomic E-state index is 4.53. The number of aryl methyl sites for hydroxylation is 1. The number of aromatic nitrogens is 4. The molecule has 4 heterocycles. The van der Waals surface area contributed by atoms with E-state index in [-0.39, 0.29) is 0 Å². The minimum atomic E-state index is 0.717. The van der Waals surface area contributed by atoms with Gasteiger partial charge in [-0.3, -0.25) is 0 Å². The van der Waals surface area contributed by atoms with Crippen LogP contribution in [0.15, 0.2) is 6.33 Å². The summed E-state index contributed by atoms with van der Waals surface area (Å²) in [7, 11) is 0. The number of anilines is 1. The van der Waals surface area contributed by atoms with E-state index in [0.717, 1.165) is 31.7 Å². The predicted octanol–water partition coefficient (Wildman–Crippen LogP) is 0.891. The summed E-state index contributed by atoms with van der Waals surface area (Å²) in [5, 5.41) is 4.35. The molecule has 20 heavy (non-hydrogen) atoms. The van der Waals surface area contributed by atoms with Gasteiger partial charge in [0, 0.05) is 30.9 Å². The maximum Gasteiger partial charge on any atom is 0.254 e. The smallest absolute Gasteiger partial charge is 0.254 e. The molecule has 6 heteroatoms. The Morgan fingerprint density at radius 2 is 2.00 bits per heavy atom.